The van der Waals surface area contributed by atoms with Crippen molar-refractivity contribution in [1.29, 1.82) is 0 Å². The molecule has 0 aromatic carbocycles. The summed E-state index contributed by atoms with van der Waals surface area (Å²) in [5.41, 5.74) is 2.10. The number of aromatic nitrogens is 2. The lowest BCUT2D eigenvalue weighted by Crippen LogP contribution is -2.51. The fraction of sp³-hybridized carbons (Fsp3) is 0.556. The van der Waals surface area contributed by atoms with Crippen LogP contribution in [0.5, 0.6) is 0 Å². The molecular formula is C18H23N3O3. The predicted molar refractivity (Wildman–Crippen MR) is 87.2 cm³/mol. The topological polar surface area (TPSA) is 60.6 Å². The van der Waals surface area contributed by atoms with Gasteiger partial charge in [-0.25, -0.2) is 0 Å². The van der Waals surface area contributed by atoms with Crippen LogP contribution in [-0.2, 0) is 22.6 Å². The Morgan fingerprint density at radius 1 is 1.38 bits per heavy atom. The van der Waals surface area contributed by atoms with Gasteiger partial charge >= 0.3 is 0 Å². The molecule has 1 aliphatic heterocycles. The van der Waals surface area contributed by atoms with Crippen molar-refractivity contribution in [3.8, 4) is 0 Å². The van der Waals surface area contributed by atoms with Crippen LogP contribution in [0.25, 0.3) is 0 Å². The molecule has 1 aliphatic carbocycles. The fourth-order valence-corrected chi connectivity index (χ4v) is 3.75. The molecule has 2 aromatic rings. The molecule has 0 amide bonds. The first-order valence-corrected chi connectivity index (χ1v) is 8.58. The molecule has 2 fully saturated rings. The predicted octanol–water partition coefficient (Wildman–Crippen LogP) is 2.33. The summed E-state index contributed by atoms with van der Waals surface area (Å²) in [6.07, 6.45) is 6.06. The molecule has 1 saturated carbocycles. The third kappa shape index (κ3) is 3.36. The molecule has 0 N–H and O–H groups in total. The van der Waals surface area contributed by atoms with Crippen molar-refractivity contribution >= 4 is 0 Å². The van der Waals surface area contributed by atoms with Gasteiger partial charge in [0.2, 0.25) is 0 Å². The highest BCUT2D eigenvalue weighted by molar-refractivity contribution is 5.08. The number of ether oxygens (including phenoxy) is 2. The molecule has 3 heterocycles. The summed E-state index contributed by atoms with van der Waals surface area (Å²) in [5, 5.41) is 4.12. The average Bonchev–Trinajstić information content (AvgIpc) is 3.21. The smallest absolute Gasteiger partial charge is 0.133 e. The first-order chi connectivity index (χ1) is 11.8. The van der Waals surface area contributed by atoms with Crippen LogP contribution in [0.2, 0.25) is 0 Å². The Kier molecular flexibility index (Phi) is 4.60. The molecule has 2 aliphatic rings. The summed E-state index contributed by atoms with van der Waals surface area (Å²) < 4.78 is 17.4. The minimum atomic E-state index is 0.142. The van der Waals surface area contributed by atoms with E-state index in [1.807, 2.05) is 31.3 Å². The zero-order valence-electron chi connectivity index (χ0n) is 13.9. The van der Waals surface area contributed by atoms with Gasteiger partial charge in [0.05, 0.1) is 31.1 Å². The molecule has 4 rings (SSSR count). The molecule has 6 heteroatoms. The van der Waals surface area contributed by atoms with Gasteiger partial charge in [-0.15, -0.1) is 0 Å². The first-order valence-electron chi connectivity index (χ1n) is 8.58. The van der Waals surface area contributed by atoms with Crippen LogP contribution in [0.1, 0.15) is 29.9 Å². The summed E-state index contributed by atoms with van der Waals surface area (Å²) in [6.45, 7) is 5.01. The molecule has 2 aromatic heterocycles. The van der Waals surface area contributed by atoms with Crippen LogP contribution in [-0.4, -0.2) is 46.4 Å². The second kappa shape index (κ2) is 7.01. The van der Waals surface area contributed by atoms with Crippen molar-refractivity contribution in [2.45, 2.75) is 51.2 Å². The average molecular weight is 329 g/mol. The fourth-order valence-electron chi connectivity index (χ4n) is 3.75. The number of fused-ring (bicyclic) bond motifs is 1. The van der Waals surface area contributed by atoms with Crippen LogP contribution in [0, 0.1) is 6.92 Å². The van der Waals surface area contributed by atoms with Gasteiger partial charge in [-0.05, 0) is 31.4 Å². The van der Waals surface area contributed by atoms with E-state index in [1.54, 1.807) is 6.20 Å². The van der Waals surface area contributed by atoms with Crippen LogP contribution >= 0.6 is 0 Å². The summed E-state index contributed by atoms with van der Waals surface area (Å²) in [4.78, 5) is 6.59. The number of rotatable bonds is 5. The van der Waals surface area contributed by atoms with E-state index in [2.05, 4.69) is 15.0 Å². The molecule has 24 heavy (non-hydrogen) atoms. The van der Waals surface area contributed by atoms with E-state index in [0.717, 1.165) is 49.6 Å². The molecule has 0 spiro atoms. The van der Waals surface area contributed by atoms with E-state index in [4.69, 9.17) is 14.0 Å². The molecule has 0 radical (unpaired) electrons. The lowest BCUT2D eigenvalue weighted by atomic mass is 10.1. The Balaban J connectivity index is 1.37. The highest BCUT2D eigenvalue weighted by Gasteiger charge is 2.43. The van der Waals surface area contributed by atoms with E-state index in [9.17, 15) is 0 Å². The lowest BCUT2D eigenvalue weighted by molar-refractivity contribution is -0.119. The van der Waals surface area contributed by atoms with E-state index < -0.39 is 0 Å². The van der Waals surface area contributed by atoms with Crippen LogP contribution in [0.4, 0.5) is 0 Å². The molecule has 0 unspecified atom stereocenters. The Hall–Kier alpha value is -1.76. The van der Waals surface area contributed by atoms with Gasteiger partial charge in [-0.3, -0.25) is 9.88 Å². The standard InChI is InChI=1S/C18H23N3O3/c1-13-9-15(20-24-13)11-21-7-8-22-18-16(21)4-5-17(18)23-12-14-3-2-6-19-10-14/h2-3,6,9-10,16-18H,4-5,7-8,11-12H2,1H3/t16-,17-,18-/m1/s1. The Labute approximate surface area is 141 Å². The molecule has 128 valence electrons. The van der Waals surface area contributed by atoms with Gasteiger partial charge < -0.3 is 14.0 Å². The van der Waals surface area contributed by atoms with Gasteiger partial charge in [0, 0.05) is 37.6 Å². The Morgan fingerprint density at radius 3 is 3.12 bits per heavy atom. The number of nitrogens with zero attached hydrogens (tertiary/aromatic N) is 3. The van der Waals surface area contributed by atoms with Crippen molar-refractivity contribution < 1.29 is 14.0 Å². The quantitative estimate of drug-likeness (QED) is 0.839. The van der Waals surface area contributed by atoms with Crippen LogP contribution in [0.3, 0.4) is 0 Å². The minimum absolute atomic E-state index is 0.142. The van der Waals surface area contributed by atoms with E-state index in [-0.39, 0.29) is 12.2 Å². The van der Waals surface area contributed by atoms with Gasteiger partial charge in [-0.1, -0.05) is 11.2 Å². The van der Waals surface area contributed by atoms with Crippen molar-refractivity contribution in [3.05, 3.63) is 47.6 Å². The number of pyridine rings is 1. The monoisotopic (exact) mass is 329 g/mol. The summed E-state index contributed by atoms with van der Waals surface area (Å²) in [5.74, 6) is 0.860. The van der Waals surface area contributed by atoms with Gasteiger partial charge in [0.15, 0.2) is 0 Å². The maximum atomic E-state index is 6.14. The molecule has 3 atom stereocenters. The number of hydrogen-bond donors (Lipinski definition) is 0. The summed E-state index contributed by atoms with van der Waals surface area (Å²) in [7, 11) is 0. The van der Waals surface area contributed by atoms with Crippen LogP contribution < -0.4 is 0 Å². The van der Waals surface area contributed by atoms with Crippen LogP contribution in [0.15, 0.2) is 35.1 Å². The van der Waals surface area contributed by atoms with Gasteiger partial charge in [0.25, 0.3) is 0 Å². The number of hydrogen-bond acceptors (Lipinski definition) is 6. The Bertz CT molecular complexity index is 661. The highest BCUT2D eigenvalue weighted by Crippen LogP contribution is 2.33. The highest BCUT2D eigenvalue weighted by atomic mass is 16.5. The molecule has 1 saturated heterocycles. The maximum Gasteiger partial charge on any atom is 0.133 e. The number of morpholine rings is 1. The molecule has 0 bridgehead atoms. The van der Waals surface area contributed by atoms with E-state index in [1.165, 1.54) is 0 Å². The largest absolute Gasteiger partial charge is 0.373 e. The van der Waals surface area contributed by atoms with Gasteiger partial charge in [-0.2, -0.15) is 0 Å². The zero-order chi connectivity index (χ0) is 16.4. The third-order valence-corrected chi connectivity index (χ3v) is 4.88. The first kappa shape index (κ1) is 15.7. The Morgan fingerprint density at radius 2 is 2.33 bits per heavy atom. The minimum Gasteiger partial charge on any atom is -0.373 e. The van der Waals surface area contributed by atoms with E-state index in [0.29, 0.717) is 12.6 Å². The number of aryl methyl sites for hydroxylation is 1. The molecule has 6 nitrogen and oxygen atoms in total. The second-order valence-electron chi connectivity index (χ2n) is 6.59. The summed E-state index contributed by atoms with van der Waals surface area (Å²) in [6, 6.07) is 6.39. The summed E-state index contributed by atoms with van der Waals surface area (Å²) >= 11 is 0. The van der Waals surface area contributed by atoms with Crippen molar-refractivity contribution in [1.82, 2.24) is 15.0 Å². The van der Waals surface area contributed by atoms with Crippen molar-refractivity contribution in [3.63, 3.8) is 0 Å². The molecular weight excluding hydrogens is 306 g/mol. The van der Waals surface area contributed by atoms with Gasteiger partial charge in [0.1, 0.15) is 5.76 Å². The zero-order valence-corrected chi connectivity index (χ0v) is 13.9. The third-order valence-electron chi connectivity index (χ3n) is 4.88. The van der Waals surface area contributed by atoms with Crippen molar-refractivity contribution in [2.24, 2.45) is 0 Å². The lowest BCUT2D eigenvalue weighted by Gasteiger charge is -2.38. The normalized spacial score (nSPS) is 27.3. The van der Waals surface area contributed by atoms with E-state index >= 15 is 0 Å². The second-order valence-corrected chi connectivity index (χ2v) is 6.59. The maximum absolute atomic E-state index is 6.14. The van der Waals surface area contributed by atoms with Crippen molar-refractivity contribution in [2.75, 3.05) is 13.2 Å². The SMILES string of the molecule is Cc1cc(CN2CCO[C@@H]3[C@H]2CC[C@H]3OCc2cccnc2)no1.